The number of nitrogens with one attached hydrogen (secondary N) is 6. The predicted molar refractivity (Wildman–Crippen MR) is 287 cm³/mol. The van der Waals surface area contributed by atoms with Crippen LogP contribution in [-0.2, 0) is 51.0 Å². The molecule has 0 aliphatic carbocycles. The summed E-state index contributed by atoms with van der Waals surface area (Å²) >= 11 is 0. The minimum Gasteiger partial charge on any atom is -0.491 e. The molecule has 22 nitrogen and oxygen atoms in total. The van der Waals surface area contributed by atoms with E-state index in [4.69, 9.17) is 28.4 Å². The van der Waals surface area contributed by atoms with Gasteiger partial charge in [-0.3, -0.25) is 19.2 Å². The van der Waals surface area contributed by atoms with E-state index in [0.29, 0.717) is 22.3 Å². The number of aryl methyl sites for hydroxylation is 2. The minimum atomic E-state index is -1.57. The topological polar surface area (TPSA) is 291 Å². The number of fused-ring (bicyclic) bond motifs is 5. The molecular weight excluding hydrogens is 1010 g/mol. The van der Waals surface area contributed by atoms with Crippen LogP contribution in [-0.4, -0.2) is 135 Å². The second-order valence-electron chi connectivity index (χ2n) is 21.6. The number of hydrogen-bond donors (Lipinski definition) is 6. The molecule has 4 bridgehead atoms. The van der Waals surface area contributed by atoms with Crippen LogP contribution < -0.4 is 41.4 Å². The summed E-state index contributed by atoms with van der Waals surface area (Å²) in [6, 6.07) is 11.4. The lowest BCUT2D eigenvalue weighted by atomic mass is 9.93. The summed E-state index contributed by atoms with van der Waals surface area (Å²) < 4.78 is 33.9. The number of methoxy groups -OCH3 is 1. The molecule has 78 heavy (non-hydrogen) atoms. The van der Waals surface area contributed by atoms with Crippen molar-refractivity contribution in [2.75, 3.05) is 47.0 Å². The number of nitrogens with zero attached hydrogens (tertiary/aromatic N) is 2. The standard InChI is InChI=1S/C56H76N8O14/c1-33-16-19-38(36(29-33)15-14-23-57)47(66)62-41(22-24-58-51(70)76-54(3,4)5)49(68)64(12)45-37-18-21-44(75-28-26-60-53(72)78-56(9,10)11)40(32-37)39-30-35(17-20-43(39)74-27-25-59-52(71)77-55(6,7)8)31-42(50(69)73-13)63-46(65)34(2)61-48(45)67/h16-21,29-30,32,34,41-42,45H,14-15,22,24-28,31H2,1-13H3,(H,58,70)(H,59,71)(H,60,72)(H,61,67)(H,62,66)(H,63,65)/t34-,41-,42-,45-/m0/s1. The molecule has 4 rings (SSSR count). The number of benzene rings is 3. The van der Waals surface area contributed by atoms with Crippen LogP contribution in [0.1, 0.15) is 121 Å². The number of rotatable bonds is 18. The fourth-order valence-corrected chi connectivity index (χ4v) is 7.97. The first-order chi connectivity index (χ1) is 36.5. The van der Waals surface area contributed by atoms with E-state index in [9.17, 15) is 38.8 Å². The van der Waals surface area contributed by atoms with Crippen LogP contribution in [0, 0.1) is 18.3 Å². The van der Waals surface area contributed by atoms with Gasteiger partial charge in [0, 0.05) is 43.1 Å². The van der Waals surface area contributed by atoms with Crippen LogP contribution in [0.2, 0.25) is 0 Å². The van der Waals surface area contributed by atoms with Gasteiger partial charge in [-0.2, -0.15) is 5.26 Å². The third kappa shape index (κ3) is 19.8. The molecule has 1 heterocycles. The quantitative estimate of drug-likeness (QED) is 0.0494. The molecule has 0 aromatic heterocycles. The highest BCUT2D eigenvalue weighted by Gasteiger charge is 2.37. The number of alkyl carbamates (subject to hydrolysis) is 3. The highest BCUT2D eigenvalue weighted by molar-refractivity contribution is 6.00. The molecule has 1 aliphatic rings. The molecule has 424 valence electrons. The number of carbonyl (C=O) groups excluding carboxylic acids is 8. The van der Waals surface area contributed by atoms with Crippen LogP contribution >= 0.6 is 0 Å². The highest BCUT2D eigenvalue weighted by Crippen LogP contribution is 2.40. The maximum absolute atomic E-state index is 15.2. The number of nitriles is 1. The first kappa shape index (κ1) is 62.4. The highest BCUT2D eigenvalue weighted by atomic mass is 16.6. The van der Waals surface area contributed by atoms with Crippen LogP contribution in [0.25, 0.3) is 11.1 Å². The minimum absolute atomic E-state index is 0.00516. The van der Waals surface area contributed by atoms with Crippen molar-refractivity contribution in [2.24, 2.45) is 0 Å². The first-order valence-corrected chi connectivity index (χ1v) is 25.6. The Morgan fingerprint density at radius 1 is 0.731 bits per heavy atom. The van der Waals surface area contributed by atoms with E-state index in [1.54, 1.807) is 117 Å². The molecule has 0 fully saturated rings. The smallest absolute Gasteiger partial charge is 0.407 e. The summed E-state index contributed by atoms with van der Waals surface area (Å²) in [6.07, 6.45) is -2.04. The van der Waals surface area contributed by atoms with Crippen LogP contribution in [0.15, 0.2) is 54.6 Å². The molecule has 0 saturated carbocycles. The van der Waals surface area contributed by atoms with Gasteiger partial charge in [-0.1, -0.05) is 29.8 Å². The van der Waals surface area contributed by atoms with Gasteiger partial charge >= 0.3 is 24.2 Å². The van der Waals surface area contributed by atoms with Gasteiger partial charge in [0.2, 0.25) is 17.7 Å². The first-order valence-electron chi connectivity index (χ1n) is 25.6. The Morgan fingerprint density at radius 3 is 1.81 bits per heavy atom. The Labute approximate surface area is 456 Å². The number of amides is 7. The Bertz CT molecular complexity index is 2700. The normalized spacial score (nSPS) is 16.0. The maximum atomic E-state index is 15.2. The molecule has 22 heteroatoms. The van der Waals surface area contributed by atoms with Crippen molar-refractivity contribution in [3.8, 4) is 28.7 Å². The van der Waals surface area contributed by atoms with Crippen LogP contribution in [0.4, 0.5) is 14.4 Å². The van der Waals surface area contributed by atoms with Crippen LogP contribution in [0.3, 0.4) is 0 Å². The van der Waals surface area contributed by atoms with Gasteiger partial charge in [-0.15, -0.1) is 0 Å². The molecule has 0 saturated heterocycles. The molecule has 1 aliphatic heterocycles. The summed E-state index contributed by atoms with van der Waals surface area (Å²) in [7, 11) is 2.51. The molecule has 6 N–H and O–H groups in total. The Balaban J connectivity index is 1.92. The second-order valence-corrected chi connectivity index (χ2v) is 21.6. The third-order valence-electron chi connectivity index (χ3n) is 11.4. The Hall–Kier alpha value is -8.09. The summed E-state index contributed by atoms with van der Waals surface area (Å²) in [5.41, 5.74) is 0.586. The number of carbonyl (C=O) groups is 8. The molecule has 0 spiro atoms. The number of esters is 1. The maximum Gasteiger partial charge on any atom is 0.407 e. The third-order valence-corrected chi connectivity index (χ3v) is 11.4. The van der Waals surface area contributed by atoms with E-state index >= 15 is 4.79 Å². The lowest BCUT2D eigenvalue weighted by Crippen LogP contribution is -2.55. The van der Waals surface area contributed by atoms with E-state index < -0.39 is 88.8 Å². The predicted octanol–water partition coefficient (Wildman–Crippen LogP) is 5.86. The lowest BCUT2D eigenvalue weighted by molar-refractivity contribution is -0.145. The molecule has 3 aromatic rings. The zero-order chi connectivity index (χ0) is 58.1. The van der Waals surface area contributed by atoms with Gasteiger partial charge in [0.15, 0.2) is 0 Å². The van der Waals surface area contributed by atoms with E-state index in [-0.39, 0.29) is 81.2 Å². The van der Waals surface area contributed by atoms with Gasteiger partial charge in [-0.05, 0) is 136 Å². The van der Waals surface area contributed by atoms with Gasteiger partial charge in [0.1, 0.15) is 65.7 Å². The zero-order valence-electron chi connectivity index (χ0n) is 47.0. The second kappa shape index (κ2) is 27.8. The monoisotopic (exact) mass is 1080 g/mol. The lowest BCUT2D eigenvalue weighted by Gasteiger charge is -2.33. The number of ether oxygens (including phenoxy) is 6. The average molecular weight is 1090 g/mol. The zero-order valence-corrected chi connectivity index (χ0v) is 47.0. The average Bonchev–Trinajstić information content (AvgIpc) is 3.33. The largest absolute Gasteiger partial charge is 0.491 e. The van der Waals surface area contributed by atoms with E-state index in [2.05, 4.69) is 38.0 Å². The van der Waals surface area contributed by atoms with Crippen molar-refractivity contribution in [1.29, 1.82) is 5.26 Å². The van der Waals surface area contributed by atoms with Crippen molar-refractivity contribution in [3.05, 3.63) is 82.4 Å². The summed E-state index contributed by atoms with van der Waals surface area (Å²) in [4.78, 5) is 111. The Morgan fingerprint density at radius 2 is 1.27 bits per heavy atom. The van der Waals surface area contributed by atoms with Gasteiger partial charge in [-0.25, -0.2) is 19.2 Å². The van der Waals surface area contributed by atoms with Crippen molar-refractivity contribution in [2.45, 2.75) is 143 Å². The molecule has 7 amide bonds. The van der Waals surface area contributed by atoms with Gasteiger partial charge < -0.3 is 65.2 Å². The molecule has 0 radical (unpaired) electrons. The SMILES string of the molecule is COC(=O)[C@@H]1Cc2ccc(OCCNC(=O)OC(C)(C)C)c(c2)-c2cc(ccc2OCCNC(=O)OC(C)(C)C)[C@H](N(C)C(=O)[C@H](CCNC(=O)OC(C)(C)C)NC(=O)c2ccc(C)cc2CCC#N)C(=O)N[C@@H](C)C(=O)N1. The molecule has 0 unspecified atom stereocenters. The van der Waals surface area contributed by atoms with Crippen LogP contribution in [0.5, 0.6) is 11.5 Å². The fraction of sp³-hybridized carbons (Fsp3) is 0.518. The number of likely N-dealkylation sites (N-methyl/N-ethyl adjacent to an activating group) is 1. The van der Waals surface area contributed by atoms with Crippen molar-refractivity contribution in [3.63, 3.8) is 0 Å². The Kier molecular flexibility index (Phi) is 22.3. The van der Waals surface area contributed by atoms with E-state index in [1.165, 1.54) is 21.1 Å². The summed E-state index contributed by atoms with van der Waals surface area (Å²) in [5, 5.41) is 25.5. The van der Waals surface area contributed by atoms with E-state index in [1.807, 2.05) is 6.92 Å². The molecule has 3 aromatic carbocycles. The summed E-state index contributed by atoms with van der Waals surface area (Å²) in [6.45, 7) is 18.3. The summed E-state index contributed by atoms with van der Waals surface area (Å²) in [5.74, 6) is -3.38. The van der Waals surface area contributed by atoms with Gasteiger partial charge in [0.05, 0.1) is 26.3 Å². The van der Waals surface area contributed by atoms with E-state index in [0.717, 1.165) is 10.5 Å². The fourth-order valence-electron chi connectivity index (χ4n) is 7.97. The number of hydrogen-bond acceptors (Lipinski definition) is 15. The van der Waals surface area contributed by atoms with Crippen molar-refractivity contribution < 1.29 is 66.8 Å². The van der Waals surface area contributed by atoms with Crippen molar-refractivity contribution >= 4 is 47.9 Å². The molecular formula is C56H76N8O14. The van der Waals surface area contributed by atoms with Crippen molar-refractivity contribution in [1.82, 2.24) is 36.8 Å². The van der Waals surface area contributed by atoms with Gasteiger partial charge in [0.25, 0.3) is 5.91 Å². The molecule has 4 atom stereocenters.